The lowest BCUT2D eigenvalue weighted by atomic mass is 10.2. The van der Waals surface area contributed by atoms with Crippen molar-refractivity contribution in [1.82, 2.24) is 20.4 Å². The molecule has 108 valence electrons. The van der Waals surface area contributed by atoms with Crippen molar-refractivity contribution in [2.45, 2.75) is 12.8 Å². The minimum Gasteiger partial charge on any atom is -0.344 e. The van der Waals surface area contributed by atoms with Gasteiger partial charge in [-0.2, -0.15) is 16.3 Å². The van der Waals surface area contributed by atoms with Crippen LogP contribution in [-0.2, 0) is 11.2 Å². The van der Waals surface area contributed by atoms with E-state index in [4.69, 9.17) is 4.52 Å². The zero-order valence-corrected chi connectivity index (χ0v) is 12.4. The highest BCUT2D eigenvalue weighted by Crippen LogP contribution is 2.19. The van der Waals surface area contributed by atoms with Gasteiger partial charge in [-0.1, -0.05) is 5.16 Å². The standard InChI is InChI=1S/C13H18N4O2S/c1-14-6-7-17(2)12(18)4-3-11-15-13(16-19-11)10-5-8-20-9-10/h5,8-9,14H,3-4,6-7H2,1-2H3. The summed E-state index contributed by atoms with van der Waals surface area (Å²) >= 11 is 1.59. The van der Waals surface area contributed by atoms with Crippen molar-refractivity contribution < 1.29 is 9.32 Å². The van der Waals surface area contributed by atoms with E-state index in [0.29, 0.717) is 31.1 Å². The van der Waals surface area contributed by atoms with Crippen LogP contribution in [0.4, 0.5) is 0 Å². The highest BCUT2D eigenvalue weighted by Gasteiger charge is 2.13. The molecule has 2 rings (SSSR count). The third kappa shape index (κ3) is 3.88. The molecule has 1 N–H and O–H groups in total. The van der Waals surface area contributed by atoms with E-state index in [-0.39, 0.29) is 5.91 Å². The molecule has 0 fully saturated rings. The van der Waals surface area contributed by atoms with Crippen LogP contribution in [0.15, 0.2) is 21.3 Å². The smallest absolute Gasteiger partial charge is 0.227 e. The monoisotopic (exact) mass is 294 g/mol. The van der Waals surface area contributed by atoms with Crippen LogP contribution in [0.25, 0.3) is 11.4 Å². The van der Waals surface area contributed by atoms with Crippen molar-refractivity contribution in [3.05, 3.63) is 22.7 Å². The van der Waals surface area contributed by atoms with Gasteiger partial charge in [-0.15, -0.1) is 0 Å². The van der Waals surface area contributed by atoms with Gasteiger partial charge in [0.15, 0.2) is 0 Å². The molecule has 0 aromatic carbocycles. The molecule has 0 aliphatic heterocycles. The summed E-state index contributed by atoms with van der Waals surface area (Å²) in [5.74, 6) is 1.16. The Morgan fingerprint density at radius 1 is 1.55 bits per heavy atom. The fraction of sp³-hybridized carbons (Fsp3) is 0.462. The van der Waals surface area contributed by atoms with E-state index in [9.17, 15) is 4.79 Å². The van der Waals surface area contributed by atoms with Gasteiger partial charge in [0.05, 0.1) is 0 Å². The Balaban J connectivity index is 1.84. The van der Waals surface area contributed by atoms with E-state index < -0.39 is 0 Å². The largest absolute Gasteiger partial charge is 0.344 e. The second-order valence-corrected chi connectivity index (χ2v) is 5.22. The average molecular weight is 294 g/mol. The van der Waals surface area contributed by atoms with Gasteiger partial charge in [-0.05, 0) is 18.5 Å². The van der Waals surface area contributed by atoms with Crippen LogP contribution in [0.3, 0.4) is 0 Å². The topological polar surface area (TPSA) is 71.3 Å². The van der Waals surface area contributed by atoms with Gasteiger partial charge in [-0.3, -0.25) is 4.79 Å². The van der Waals surface area contributed by atoms with Crippen LogP contribution in [-0.4, -0.2) is 48.1 Å². The molecule has 2 aromatic heterocycles. The van der Waals surface area contributed by atoms with Gasteiger partial charge >= 0.3 is 0 Å². The molecule has 20 heavy (non-hydrogen) atoms. The zero-order chi connectivity index (χ0) is 14.4. The number of aromatic nitrogens is 2. The van der Waals surface area contributed by atoms with Crippen LogP contribution >= 0.6 is 11.3 Å². The normalized spacial score (nSPS) is 10.7. The first kappa shape index (κ1) is 14.7. The lowest BCUT2D eigenvalue weighted by Crippen LogP contribution is -2.32. The minimum atomic E-state index is 0.0792. The molecular formula is C13H18N4O2S. The molecule has 2 aromatic rings. The Kier molecular flexibility index (Phi) is 5.25. The highest BCUT2D eigenvalue weighted by atomic mass is 32.1. The second kappa shape index (κ2) is 7.16. The molecule has 6 nitrogen and oxygen atoms in total. The third-order valence-electron chi connectivity index (χ3n) is 2.92. The maximum Gasteiger partial charge on any atom is 0.227 e. The first-order chi connectivity index (χ1) is 9.70. The predicted octanol–water partition coefficient (Wildman–Crippen LogP) is 1.41. The number of carbonyl (C=O) groups is 1. The molecule has 0 saturated carbocycles. The lowest BCUT2D eigenvalue weighted by Gasteiger charge is -2.16. The molecule has 7 heteroatoms. The van der Waals surface area contributed by atoms with Crippen molar-refractivity contribution in [3.8, 4) is 11.4 Å². The molecule has 2 heterocycles. The fourth-order valence-corrected chi connectivity index (χ4v) is 2.31. The number of carbonyl (C=O) groups excluding carboxylic acids is 1. The maximum atomic E-state index is 11.9. The number of aryl methyl sites for hydroxylation is 1. The molecule has 0 saturated heterocycles. The number of hydrogen-bond acceptors (Lipinski definition) is 6. The number of hydrogen-bond donors (Lipinski definition) is 1. The van der Waals surface area contributed by atoms with Crippen molar-refractivity contribution in [3.63, 3.8) is 0 Å². The van der Waals surface area contributed by atoms with Gasteiger partial charge in [-0.25, -0.2) is 0 Å². The average Bonchev–Trinajstić information content (AvgIpc) is 3.12. The van der Waals surface area contributed by atoms with Crippen LogP contribution in [0.5, 0.6) is 0 Å². The van der Waals surface area contributed by atoms with Gasteiger partial charge in [0, 0.05) is 43.9 Å². The van der Waals surface area contributed by atoms with E-state index in [0.717, 1.165) is 12.1 Å². The van der Waals surface area contributed by atoms with E-state index in [2.05, 4.69) is 15.5 Å². The number of rotatable bonds is 7. The molecule has 0 atom stereocenters. The van der Waals surface area contributed by atoms with E-state index in [1.54, 1.807) is 23.3 Å². The van der Waals surface area contributed by atoms with Crippen LogP contribution in [0.2, 0.25) is 0 Å². The predicted molar refractivity (Wildman–Crippen MR) is 77.5 cm³/mol. The lowest BCUT2D eigenvalue weighted by molar-refractivity contribution is -0.129. The summed E-state index contributed by atoms with van der Waals surface area (Å²) in [7, 11) is 3.66. The van der Waals surface area contributed by atoms with E-state index in [1.165, 1.54) is 0 Å². The fourth-order valence-electron chi connectivity index (χ4n) is 1.67. The summed E-state index contributed by atoms with van der Waals surface area (Å²) < 4.78 is 5.16. The van der Waals surface area contributed by atoms with Crippen molar-refractivity contribution >= 4 is 17.2 Å². The Morgan fingerprint density at radius 3 is 3.10 bits per heavy atom. The van der Waals surface area contributed by atoms with Gasteiger partial charge in [0.1, 0.15) is 0 Å². The first-order valence-electron chi connectivity index (χ1n) is 6.44. The summed E-state index contributed by atoms with van der Waals surface area (Å²) in [4.78, 5) is 17.9. The van der Waals surface area contributed by atoms with Crippen LogP contribution < -0.4 is 5.32 Å². The molecule has 0 bridgehead atoms. The second-order valence-electron chi connectivity index (χ2n) is 4.44. The summed E-state index contributed by atoms with van der Waals surface area (Å²) in [5.41, 5.74) is 0.947. The number of thiophene rings is 1. The summed E-state index contributed by atoms with van der Waals surface area (Å²) in [6.45, 7) is 1.48. The van der Waals surface area contributed by atoms with E-state index >= 15 is 0 Å². The SMILES string of the molecule is CNCCN(C)C(=O)CCc1nc(-c2ccsc2)no1. The number of nitrogens with one attached hydrogen (secondary N) is 1. The quantitative estimate of drug-likeness (QED) is 0.836. The molecule has 0 aliphatic rings. The maximum absolute atomic E-state index is 11.9. The van der Waals surface area contributed by atoms with Crippen molar-refractivity contribution in [2.24, 2.45) is 0 Å². The van der Waals surface area contributed by atoms with Gasteiger partial charge < -0.3 is 14.7 Å². The molecule has 0 radical (unpaired) electrons. The molecule has 0 unspecified atom stereocenters. The van der Waals surface area contributed by atoms with Crippen LogP contribution in [0, 0.1) is 0 Å². The summed E-state index contributed by atoms with van der Waals surface area (Å²) in [6.07, 6.45) is 0.853. The Labute approximate surface area is 121 Å². The first-order valence-corrected chi connectivity index (χ1v) is 7.38. The third-order valence-corrected chi connectivity index (χ3v) is 3.61. The summed E-state index contributed by atoms with van der Waals surface area (Å²) in [5, 5.41) is 10.9. The molecule has 0 aliphatic carbocycles. The van der Waals surface area contributed by atoms with Crippen molar-refractivity contribution in [2.75, 3.05) is 27.2 Å². The Bertz CT molecular complexity index is 538. The Hall–Kier alpha value is -1.73. The van der Waals surface area contributed by atoms with Crippen molar-refractivity contribution in [1.29, 1.82) is 0 Å². The number of likely N-dealkylation sites (N-methyl/N-ethyl adjacent to an activating group) is 2. The zero-order valence-electron chi connectivity index (χ0n) is 11.6. The van der Waals surface area contributed by atoms with E-state index in [1.807, 2.05) is 23.9 Å². The number of nitrogens with zero attached hydrogens (tertiary/aromatic N) is 3. The van der Waals surface area contributed by atoms with Crippen LogP contribution in [0.1, 0.15) is 12.3 Å². The Morgan fingerprint density at radius 2 is 2.40 bits per heavy atom. The number of amides is 1. The minimum absolute atomic E-state index is 0.0792. The highest BCUT2D eigenvalue weighted by molar-refractivity contribution is 7.08. The summed E-state index contributed by atoms with van der Waals surface area (Å²) in [6, 6.07) is 1.94. The van der Waals surface area contributed by atoms with Gasteiger partial charge in [0.25, 0.3) is 0 Å². The molecule has 1 amide bonds. The van der Waals surface area contributed by atoms with Gasteiger partial charge in [0.2, 0.25) is 17.6 Å². The molecular weight excluding hydrogens is 276 g/mol. The molecule has 0 spiro atoms.